The first-order valence-electron chi connectivity index (χ1n) is 5.68. The molecule has 1 atom stereocenters. The van der Waals surface area contributed by atoms with Crippen molar-refractivity contribution in [3.05, 3.63) is 24.2 Å². The molecule has 0 aromatic carbocycles. The van der Waals surface area contributed by atoms with E-state index in [2.05, 4.69) is 41.4 Å². The number of nitrogens with zero attached hydrogens (tertiary/aromatic N) is 3. The lowest BCUT2D eigenvalue weighted by Crippen LogP contribution is -2.16. The van der Waals surface area contributed by atoms with E-state index in [0.717, 1.165) is 17.0 Å². The van der Waals surface area contributed by atoms with E-state index in [4.69, 9.17) is 5.73 Å². The van der Waals surface area contributed by atoms with Gasteiger partial charge in [-0.25, -0.2) is 9.97 Å². The summed E-state index contributed by atoms with van der Waals surface area (Å²) in [5.74, 6) is 1.29. The molecular weight excluding hydrogens is 200 g/mol. The third-order valence-electron chi connectivity index (χ3n) is 2.80. The van der Waals surface area contributed by atoms with Gasteiger partial charge in [0, 0.05) is 24.7 Å². The van der Waals surface area contributed by atoms with Crippen molar-refractivity contribution in [2.75, 3.05) is 6.54 Å². The van der Waals surface area contributed by atoms with Crippen molar-refractivity contribution in [3.8, 4) is 0 Å². The largest absolute Gasteiger partial charge is 0.330 e. The third-order valence-corrected chi connectivity index (χ3v) is 2.80. The van der Waals surface area contributed by atoms with Gasteiger partial charge in [-0.1, -0.05) is 6.92 Å². The molecule has 0 amide bonds. The number of hydrogen-bond acceptors (Lipinski definition) is 3. The smallest absolute Gasteiger partial charge is 0.177 e. The van der Waals surface area contributed by atoms with E-state index in [1.165, 1.54) is 0 Å². The summed E-state index contributed by atoms with van der Waals surface area (Å²) >= 11 is 0. The topological polar surface area (TPSA) is 56.7 Å². The summed E-state index contributed by atoms with van der Waals surface area (Å²) in [7, 11) is 0. The van der Waals surface area contributed by atoms with Crippen LogP contribution < -0.4 is 5.73 Å². The van der Waals surface area contributed by atoms with Gasteiger partial charge in [0.05, 0.1) is 5.52 Å². The summed E-state index contributed by atoms with van der Waals surface area (Å²) in [6.45, 7) is 7.01. The lowest BCUT2D eigenvalue weighted by Gasteiger charge is -2.16. The standard InChI is InChI=1S/C12H18N4/c1-8(2)16-10-5-4-6-14-11(10)15-12(16)9(3)7-13/h4-6,8-9H,7,13H2,1-3H3. The van der Waals surface area contributed by atoms with Gasteiger partial charge in [-0.05, 0) is 26.0 Å². The van der Waals surface area contributed by atoms with Crippen LogP contribution in [0.15, 0.2) is 18.3 Å². The molecule has 0 aliphatic heterocycles. The molecule has 2 aromatic heterocycles. The van der Waals surface area contributed by atoms with Crippen LogP contribution in [0.5, 0.6) is 0 Å². The molecule has 4 heteroatoms. The van der Waals surface area contributed by atoms with Crippen LogP contribution in [0.4, 0.5) is 0 Å². The first kappa shape index (κ1) is 11.1. The fourth-order valence-corrected chi connectivity index (χ4v) is 1.94. The number of nitrogens with two attached hydrogens (primary N) is 1. The van der Waals surface area contributed by atoms with Crippen LogP contribution in [0.3, 0.4) is 0 Å². The summed E-state index contributed by atoms with van der Waals surface area (Å²) < 4.78 is 2.22. The van der Waals surface area contributed by atoms with Crippen LogP contribution in [0, 0.1) is 0 Å². The van der Waals surface area contributed by atoms with E-state index in [-0.39, 0.29) is 5.92 Å². The Labute approximate surface area is 95.5 Å². The van der Waals surface area contributed by atoms with Crippen molar-refractivity contribution in [1.29, 1.82) is 0 Å². The molecule has 0 radical (unpaired) electrons. The summed E-state index contributed by atoms with van der Waals surface area (Å²) in [5, 5.41) is 0. The highest BCUT2D eigenvalue weighted by Crippen LogP contribution is 2.24. The average molecular weight is 218 g/mol. The molecule has 0 aliphatic rings. The lowest BCUT2D eigenvalue weighted by atomic mass is 10.1. The Morgan fingerprint density at radius 2 is 2.12 bits per heavy atom. The van der Waals surface area contributed by atoms with Gasteiger partial charge >= 0.3 is 0 Å². The van der Waals surface area contributed by atoms with E-state index in [1.54, 1.807) is 6.20 Å². The Morgan fingerprint density at radius 3 is 2.75 bits per heavy atom. The summed E-state index contributed by atoms with van der Waals surface area (Å²) in [6, 6.07) is 4.38. The molecule has 2 aromatic rings. The minimum Gasteiger partial charge on any atom is -0.330 e. The maximum Gasteiger partial charge on any atom is 0.177 e. The molecule has 16 heavy (non-hydrogen) atoms. The summed E-state index contributed by atoms with van der Waals surface area (Å²) in [4.78, 5) is 8.87. The van der Waals surface area contributed by atoms with Gasteiger partial charge in [0.2, 0.25) is 0 Å². The molecule has 86 valence electrons. The number of fused-ring (bicyclic) bond motifs is 1. The van der Waals surface area contributed by atoms with Gasteiger partial charge in [-0.2, -0.15) is 0 Å². The van der Waals surface area contributed by atoms with Crippen molar-refractivity contribution in [1.82, 2.24) is 14.5 Å². The van der Waals surface area contributed by atoms with Gasteiger partial charge in [-0.15, -0.1) is 0 Å². The highest BCUT2D eigenvalue weighted by Gasteiger charge is 2.17. The Kier molecular flexibility index (Phi) is 2.92. The van der Waals surface area contributed by atoms with Crippen LogP contribution in [-0.4, -0.2) is 21.1 Å². The number of hydrogen-bond donors (Lipinski definition) is 1. The predicted molar refractivity (Wildman–Crippen MR) is 65.4 cm³/mol. The molecule has 0 saturated heterocycles. The van der Waals surface area contributed by atoms with E-state index in [0.29, 0.717) is 12.6 Å². The highest BCUT2D eigenvalue weighted by molar-refractivity contribution is 5.71. The number of aromatic nitrogens is 3. The number of pyridine rings is 1. The summed E-state index contributed by atoms with van der Waals surface area (Å²) in [5.41, 5.74) is 7.62. The fraction of sp³-hybridized carbons (Fsp3) is 0.500. The molecule has 0 bridgehead atoms. The van der Waals surface area contributed by atoms with Crippen molar-refractivity contribution in [2.24, 2.45) is 5.73 Å². The SMILES string of the molecule is CC(CN)c1nc2ncccc2n1C(C)C. The molecular formula is C12H18N4. The maximum atomic E-state index is 5.72. The van der Waals surface area contributed by atoms with Crippen LogP contribution in [0.2, 0.25) is 0 Å². The zero-order valence-corrected chi connectivity index (χ0v) is 10.0. The molecule has 2 rings (SSSR count). The molecule has 0 saturated carbocycles. The second-order valence-electron chi connectivity index (χ2n) is 4.42. The van der Waals surface area contributed by atoms with Crippen molar-refractivity contribution < 1.29 is 0 Å². The Morgan fingerprint density at radius 1 is 1.38 bits per heavy atom. The van der Waals surface area contributed by atoms with Crippen LogP contribution in [-0.2, 0) is 0 Å². The second-order valence-corrected chi connectivity index (χ2v) is 4.42. The van der Waals surface area contributed by atoms with Gasteiger partial charge in [0.15, 0.2) is 5.65 Å². The zero-order valence-electron chi connectivity index (χ0n) is 10.0. The first-order chi connectivity index (χ1) is 7.65. The van der Waals surface area contributed by atoms with E-state index in [1.807, 2.05) is 6.07 Å². The molecule has 0 aliphatic carbocycles. The van der Waals surface area contributed by atoms with Crippen molar-refractivity contribution in [2.45, 2.75) is 32.7 Å². The van der Waals surface area contributed by atoms with Gasteiger partial charge < -0.3 is 10.3 Å². The monoisotopic (exact) mass is 218 g/mol. The highest BCUT2D eigenvalue weighted by atomic mass is 15.1. The minimum atomic E-state index is 0.261. The van der Waals surface area contributed by atoms with E-state index < -0.39 is 0 Å². The number of rotatable bonds is 3. The molecule has 1 unspecified atom stereocenters. The minimum absolute atomic E-state index is 0.261. The van der Waals surface area contributed by atoms with Crippen LogP contribution in [0.1, 0.15) is 38.6 Å². The van der Waals surface area contributed by atoms with Crippen molar-refractivity contribution in [3.63, 3.8) is 0 Å². The van der Waals surface area contributed by atoms with Gasteiger partial charge in [0.1, 0.15) is 5.82 Å². The quantitative estimate of drug-likeness (QED) is 0.858. The van der Waals surface area contributed by atoms with E-state index in [9.17, 15) is 0 Å². The Bertz CT molecular complexity index is 487. The zero-order chi connectivity index (χ0) is 11.7. The fourth-order valence-electron chi connectivity index (χ4n) is 1.94. The summed E-state index contributed by atoms with van der Waals surface area (Å²) in [6.07, 6.45) is 1.77. The molecule has 2 heterocycles. The van der Waals surface area contributed by atoms with Gasteiger partial charge in [0.25, 0.3) is 0 Å². The number of imidazole rings is 1. The normalized spacial score (nSPS) is 13.6. The van der Waals surface area contributed by atoms with E-state index >= 15 is 0 Å². The lowest BCUT2D eigenvalue weighted by molar-refractivity contribution is 0.554. The Hall–Kier alpha value is -1.42. The maximum absolute atomic E-state index is 5.72. The first-order valence-corrected chi connectivity index (χ1v) is 5.68. The molecule has 0 spiro atoms. The second kappa shape index (κ2) is 4.22. The average Bonchev–Trinajstić information content (AvgIpc) is 2.67. The third kappa shape index (κ3) is 1.69. The van der Waals surface area contributed by atoms with Crippen molar-refractivity contribution >= 4 is 11.2 Å². The Balaban J connectivity index is 2.68. The van der Waals surface area contributed by atoms with Crippen LogP contribution >= 0.6 is 0 Å². The molecule has 4 nitrogen and oxygen atoms in total. The van der Waals surface area contributed by atoms with Gasteiger partial charge in [-0.3, -0.25) is 0 Å². The molecule has 0 fully saturated rings. The molecule has 2 N–H and O–H groups in total. The predicted octanol–water partition coefficient (Wildman–Crippen LogP) is 2.07. The van der Waals surface area contributed by atoms with Crippen LogP contribution in [0.25, 0.3) is 11.2 Å².